The zero-order valence-corrected chi connectivity index (χ0v) is 15.6. The predicted octanol–water partition coefficient (Wildman–Crippen LogP) is 3.81. The van der Waals surface area contributed by atoms with Crippen molar-refractivity contribution >= 4 is 22.5 Å². The maximum Gasteiger partial charge on any atom is 0.154 e. The molecule has 28 heavy (non-hydrogen) atoms. The summed E-state index contributed by atoms with van der Waals surface area (Å²) >= 11 is 5.71. The molecule has 9 heteroatoms. The van der Waals surface area contributed by atoms with Crippen LogP contribution in [0.3, 0.4) is 0 Å². The van der Waals surface area contributed by atoms with Crippen LogP contribution >= 0.6 is 11.6 Å². The molecule has 3 heterocycles. The first-order chi connectivity index (χ1) is 13.6. The first kappa shape index (κ1) is 18.9. The Kier molecular flexibility index (Phi) is 5.34. The van der Waals surface area contributed by atoms with Gasteiger partial charge >= 0.3 is 0 Å². The van der Waals surface area contributed by atoms with Crippen LogP contribution in [-0.4, -0.2) is 47.0 Å². The van der Waals surface area contributed by atoms with Crippen molar-refractivity contribution in [3.8, 4) is 17.0 Å². The van der Waals surface area contributed by atoms with Gasteiger partial charge in [-0.3, -0.25) is 0 Å². The summed E-state index contributed by atoms with van der Waals surface area (Å²) in [5.41, 5.74) is 0.618. The Morgan fingerprint density at radius 2 is 2.00 bits per heavy atom. The van der Waals surface area contributed by atoms with Gasteiger partial charge < -0.3 is 14.2 Å². The number of benzene rings is 1. The number of pyridine rings is 1. The summed E-state index contributed by atoms with van der Waals surface area (Å²) in [6, 6.07) is 2.36. The molecule has 0 radical (unpaired) electrons. The van der Waals surface area contributed by atoms with Crippen molar-refractivity contribution < 1.29 is 23.0 Å². The van der Waals surface area contributed by atoms with Crippen LogP contribution in [0.1, 0.15) is 6.92 Å². The van der Waals surface area contributed by atoms with Crippen molar-refractivity contribution in [3.63, 3.8) is 0 Å². The molecule has 0 bridgehead atoms. The highest BCUT2D eigenvalue weighted by atomic mass is 35.5. The average Bonchev–Trinajstić information content (AvgIpc) is 3.14. The molecule has 146 valence electrons. The molecule has 6 nitrogen and oxygen atoms in total. The molecule has 2 atom stereocenters. The van der Waals surface area contributed by atoms with Gasteiger partial charge in [-0.25, -0.2) is 23.7 Å². The molecule has 0 N–H and O–H groups in total. The summed E-state index contributed by atoms with van der Waals surface area (Å²) in [5, 5.41) is -0.0565. The van der Waals surface area contributed by atoms with Crippen LogP contribution < -0.4 is 4.74 Å². The zero-order chi connectivity index (χ0) is 19.7. The number of ether oxygens (including phenoxy) is 3. The molecule has 0 saturated carbocycles. The van der Waals surface area contributed by atoms with Gasteiger partial charge in [0.05, 0.1) is 30.5 Å². The van der Waals surface area contributed by atoms with Crippen molar-refractivity contribution in [1.29, 1.82) is 0 Å². The van der Waals surface area contributed by atoms with E-state index in [0.717, 1.165) is 6.07 Å². The molecule has 0 spiro atoms. The number of rotatable bonds is 5. The molecule has 1 aliphatic heterocycles. The fourth-order valence-electron chi connectivity index (χ4n) is 3.11. The zero-order valence-electron chi connectivity index (χ0n) is 14.9. The first-order valence-corrected chi connectivity index (χ1v) is 9.06. The van der Waals surface area contributed by atoms with Gasteiger partial charge in [0.2, 0.25) is 0 Å². The van der Waals surface area contributed by atoms with E-state index in [1.807, 2.05) is 6.92 Å². The molecular weight excluding hydrogens is 392 g/mol. The molecule has 1 aliphatic rings. The fraction of sp³-hybridized carbons (Fsp3) is 0.316. The maximum absolute atomic E-state index is 14.5. The second kappa shape index (κ2) is 7.90. The predicted molar refractivity (Wildman–Crippen MR) is 98.3 cm³/mol. The number of hydrogen-bond acceptors (Lipinski definition) is 6. The number of hydrogen-bond donors (Lipinski definition) is 0. The van der Waals surface area contributed by atoms with E-state index in [0.29, 0.717) is 36.5 Å². The normalized spacial score (nSPS) is 19.3. The SMILES string of the molecule is CCO[C@H]1COC[C@@H]1Oc1cnc(-c2ccc(F)c(Cl)c2F)c2ncncc12. The lowest BCUT2D eigenvalue weighted by atomic mass is 10.1. The molecule has 1 fully saturated rings. The Bertz CT molecular complexity index is 1020. The number of halogens is 3. The van der Waals surface area contributed by atoms with E-state index in [9.17, 15) is 8.78 Å². The summed E-state index contributed by atoms with van der Waals surface area (Å²) in [5.74, 6) is -1.32. The standard InChI is InChI=1S/C19H16ClF2N3O3/c1-2-27-14-7-26-8-15(14)28-13-6-24-18(19-11(13)5-23-9-25-19)10-3-4-12(21)16(20)17(10)22/h3-6,9,14-15H,2,7-8H2,1H3/t14-,15-/m0/s1. The van der Waals surface area contributed by atoms with Crippen LogP contribution in [0.4, 0.5) is 8.78 Å². The van der Waals surface area contributed by atoms with E-state index in [1.54, 1.807) is 6.20 Å². The Balaban J connectivity index is 1.77. The molecule has 4 rings (SSSR count). The van der Waals surface area contributed by atoms with E-state index in [2.05, 4.69) is 15.0 Å². The third-order valence-electron chi connectivity index (χ3n) is 4.44. The van der Waals surface area contributed by atoms with Crippen molar-refractivity contribution in [3.05, 3.63) is 47.5 Å². The monoisotopic (exact) mass is 407 g/mol. The molecular formula is C19H16ClF2N3O3. The van der Waals surface area contributed by atoms with Crippen molar-refractivity contribution in [2.45, 2.75) is 19.1 Å². The van der Waals surface area contributed by atoms with Gasteiger partial charge in [-0.1, -0.05) is 11.6 Å². The van der Waals surface area contributed by atoms with Crippen LogP contribution in [0, 0.1) is 11.6 Å². The van der Waals surface area contributed by atoms with Gasteiger partial charge in [0.15, 0.2) is 11.9 Å². The molecule has 2 aromatic heterocycles. The largest absolute Gasteiger partial charge is 0.483 e. The minimum absolute atomic E-state index is 0.0399. The number of nitrogens with zero attached hydrogens (tertiary/aromatic N) is 3. The summed E-state index contributed by atoms with van der Waals surface area (Å²) in [7, 11) is 0. The molecule has 3 aromatic rings. The van der Waals surface area contributed by atoms with Crippen molar-refractivity contribution in [2.24, 2.45) is 0 Å². The third kappa shape index (κ3) is 3.39. The Hall–Kier alpha value is -2.42. The highest BCUT2D eigenvalue weighted by Gasteiger charge is 2.31. The summed E-state index contributed by atoms with van der Waals surface area (Å²) in [4.78, 5) is 12.6. The Morgan fingerprint density at radius 1 is 1.18 bits per heavy atom. The van der Waals surface area contributed by atoms with Gasteiger partial charge in [0.25, 0.3) is 0 Å². The first-order valence-electron chi connectivity index (χ1n) is 8.68. The number of fused-ring (bicyclic) bond motifs is 1. The molecule has 0 unspecified atom stereocenters. The van der Waals surface area contributed by atoms with E-state index in [1.165, 1.54) is 18.6 Å². The fourth-order valence-corrected chi connectivity index (χ4v) is 3.27. The molecule has 1 aromatic carbocycles. The lowest BCUT2D eigenvalue weighted by molar-refractivity contribution is 0.00658. The van der Waals surface area contributed by atoms with Crippen molar-refractivity contribution in [2.75, 3.05) is 19.8 Å². The van der Waals surface area contributed by atoms with Crippen LogP contribution in [-0.2, 0) is 9.47 Å². The minimum Gasteiger partial charge on any atom is -0.483 e. The lowest BCUT2D eigenvalue weighted by Crippen LogP contribution is -2.32. The summed E-state index contributed by atoms with van der Waals surface area (Å²) in [6.07, 6.45) is 3.82. The highest BCUT2D eigenvalue weighted by molar-refractivity contribution is 6.31. The molecule has 1 saturated heterocycles. The maximum atomic E-state index is 14.5. The lowest BCUT2D eigenvalue weighted by Gasteiger charge is -2.20. The Labute approximate surface area is 164 Å². The van der Waals surface area contributed by atoms with Gasteiger partial charge in [0, 0.05) is 18.4 Å². The summed E-state index contributed by atoms with van der Waals surface area (Å²) < 4.78 is 45.2. The van der Waals surface area contributed by atoms with Crippen LogP contribution in [0.15, 0.2) is 30.9 Å². The topological polar surface area (TPSA) is 66.4 Å². The van der Waals surface area contributed by atoms with E-state index in [-0.39, 0.29) is 23.5 Å². The smallest absolute Gasteiger partial charge is 0.154 e. The van der Waals surface area contributed by atoms with E-state index < -0.39 is 16.7 Å². The van der Waals surface area contributed by atoms with Gasteiger partial charge in [-0.15, -0.1) is 0 Å². The van der Waals surface area contributed by atoms with Gasteiger partial charge in [-0.05, 0) is 19.1 Å². The third-order valence-corrected chi connectivity index (χ3v) is 4.79. The van der Waals surface area contributed by atoms with Crippen LogP contribution in [0.5, 0.6) is 5.75 Å². The van der Waals surface area contributed by atoms with Gasteiger partial charge in [-0.2, -0.15) is 0 Å². The molecule has 0 aliphatic carbocycles. The minimum atomic E-state index is -0.900. The Morgan fingerprint density at radius 3 is 2.82 bits per heavy atom. The summed E-state index contributed by atoms with van der Waals surface area (Å²) in [6.45, 7) is 3.26. The second-order valence-corrected chi connectivity index (χ2v) is 6.54. The number of aromatic nitrogens is 3. The van der Waals surface area contributed by atoms with Gasteiger partial charge in [0.1, 0.15) is 34.5 Å². The highest BCUT2D eigenvalue weighted by Crippen LogP contribution is 2.35. The van der Waals surface area contributed by atoms with Crippen LogP contribution in [0.2, 0.25) is 5.02 Å². The van der Waals surface area contributed by atoms with E-state index >= 15 is 0 Å². The van der Waals surface area contributed by atoms with E-state index in [4.69, 9.17) is 25.8 Å². The van der Waals surface area contributed by atoms with Crippen molar-refractivity contribution in [1.82, 2.24) is 15.0 Å². The second-order valence-electron chi connectivity index (χ2n) is 6.17. The average molecular weight is 408 g/mol. The molecule has 0 amide bonds. The van der Waals surface area contributed by atoms with Crippen LogP contribution in [0.25, 0.3) is 22.2 Å². The quantitative estimate of drug-likeness (QED) is 0.599.